The lowest BCUT2D eigenvalue weighted by atomic mass is 10.1. The highest BCUT2D eigenvalue weighted by Crippen LogP contribution is 2.36. The maximum Gasteiger partial charge on any atom is 0.266 e. The van der Waals surface area contributed by atoms with Gasteiger partial charge in [0.2, 0.25) is 0 Å². The number of hydrogen-bond donors (Lipinski definition) is 0. The van der Waals surface area contributed by atoms with Crippen LogP contribution in [-0.4, -0.2) is 29.6 Å². The van der Waals surface area contributed by atoms with Gasteiger partial charge in [0, 0.05) is 6.54 Å². The molecule has 3 aromatic rings. The highest BCUT2D eigenvalue weighted by Gasteiger charge is 2.33. The number of ether oxygens (including phenoxy) is 2. The molecule has 5 nitrogen and oxygen atoms in total. The van der Waals surface area contributed by atoms with Crippen LogP contribution in [0.3, 0.4) is 0 Å². The molecule has 1 aliphatic heterocycles. The van der Waals surface area contributed by atoms with Crippen LogP contribution in [0.15, 0.2) is 76.6 Å². The summed E-state index contributed by atoms with van der Waals surface area (Å²) in [4.78, 5) is 20.4. The van der Waals surface area contributed by atoms with Crippen molar-refractivity contribution in [2.45, 2.75) is 33.3 Å². The second kappa shape index (κ2) is 11.9. The number of aliphatic imine (C=N–C) groups is 1. The zero-order chi connectivity index (χ0) is 25.5. The van der Waals surface area contributed by atoms with Crippen molar-refractivity contribution in [3.8, 4) is 11.5 Å². The molecule has 0 aliphatic carbocycles. The highest BCUT2D eigenvalue weighted by atomic mass is 32.2. The Bertz CT molecular complexity index is 1270. The van der Waals surface area contributed by atoms with E-state index >= 15 is 0 Å². The lowest BCUT2D eigenvalue weighted by molar-refractivity contribution is -0.122. The van der Waals surface area contributed by atoms with E-state index in [1.54, 1.807) is 24.1 Å². The first-order valence-corrected chi connectivity index (χ1v) is 12.7. The fourth-order valence-electron chi connectivity index (χ4n) is 3.62. The molecule has 186 valence electrons. The second-order valence-electron chi connectivity index (χ2n) is 8.48. The summed E-state index contributed by atoms with van der Waals surface area (Å²) in [5.74, 6) is 0.794. The number of halogens is 1. The summed E-state index contributed by atoms with van der Waals surface area (Å²) in [6.07, 6.45) is 3.75. The molecular weight excluding hydrogens is 475 g/mol. The summed E-state index contributed by atoms with van der Waals surface area (Å²) >= 11 is 1.38. The summed E-state index contributed by atoms with van der Waals surface area (Å²) < 4.78 is 24.6. The largest absolute Gasteiger partial charge is 0.493 e. The standard InChI is InChI=1S/C29H29FN2O3S/c1-4-5-16-32-28(33)27(36-29(32)31-24-13-6-20(2)7-14-24)18-22-10-15-25(26(17-22)34-3)35-19-21-8-11-23(30)12-9-21/h6-15,17-18H,4-5,16,19H2,1-3H3/b27-18+,31-29?. The number of carbonyl (C=O) groups is 1. The van der Waals surface area contributed by atoms with E-state index in [1.165, 1.54) is 23.9 Å². The summed E-state index contributed by atoms with van der Waals surface area (Å²) in [6.45, 7) is 5.06. The number of rotatable bonds is 9. The van der Waals surface area contributed by atoms with Crippen LogP contribution in [0.1, 0.15) is 36.5 Å². The van der Waals surface area contributed by atoms with Crippen molar-refractivity contribution >= 4 is 34.6 Å². The lowest BCUT2D eigenvalue weighted by Crippen LogP contribution is -2.30. The number of amides is 1. The average molecular weight is 505 g/mol. The van der Waals surface area contributed by atoms with Gasteiger partial charge in [-0.3, -0.25) is 9.69 Å². The van der Waals surface area contributed by atoms with Crippen molar-refractivity contribution in [1.29, 1.82) is 0 Å². The molecule has 0 atom stereocenters. The molecule has 0 bridgehead atoms. The number of amidine groups is 1. The summed E-state index contributed by atoms with van der Waals surface area (Å²) in [6, 6.07) is 19.7. The maximum atomic E-state index is 13.2. The molecule has 1 fully saturated rings. The fourth-order valence-corrected chi connectivity index (χ4v) is 4.65. The van der Waals surface area contributed by atoms with Gasteiger partial charge in [-0.05, 0) is 78.7 Å². The lowest BCUT2D eigenvalue weighted by Gasteiger charge is -2.14. The van der Waals surface area contributed by atoms with Crippen LogP contribution in [0.25, 0.3) is 6.08 Å². The van der Waals surface area contributed by atoms with E-state index in [9.17, 15) is 9.18 Å². The average Bonchev–Trinajstić information content (AvgIpc) is 3.17. The van der Waals surface area contributed by atoms with Crippen molar-refractivity contribution in [3.05, 3.63) is 94.1 Å². The first-order chi connectivity index (χ1) is 17.5. The van der Waals surface area contributed by atoms with Crippen molar-refractivity contribution in [1.82, 2.24) is 4.90 Å². The monoisotopic (exact) mass is 504 g/mol. The molecule has 36 heavy (non-hydrogen) atoms. The predicted molar refractivity (Wildman–Crippen MR) is 144 cm³/mol. The number of aryl methyl sites for hydroxylation is 1. The van der Waals surface area contributed by atoms with Crippen molar-refractivity contribution in [3.63, 3.8) is 0 Å². The molecular formula is C29H29FN2O3S. The molecule has 0 aromatic heterocycles. The summed E-state index contributed by atoms with van der Waals surface area (Å²) in [5.41, 5.74) is 3.66. The number of carbonyl (C=O) groups excluding carboxylic acids is 1. The van der Waals surface area contributed by atoms with E-state index in [-0.39, 0.29) is 18.3 Å². The molecule has 1 saturated heterocycles. The Morgan fingerprint density at radius 2 is 1.78 bits per heavy atom. The van der Waals surface area contributed by atoms with Gasteiger partial charge in [0.05, 0.1) is 17.7 Å². The van der Waals surface area contributed by atoms with Gasteiger partial charge in [0.1, 0.15) is 12.4 Å². The van der Waals surface area contributed by atoms with E-state index in [4.69, 9.17) is 14.5 Å². The first kappa shape index (κ1) is 25.5. The maximum absolute atomic E-state index is 13.2. The van der Waals surface area contributed by atoms with Gasteiger partial charge in [-0.15, -0.1) is 0 Å². The normalized spacial score (nSPS) is 15.7. The number of methoxy groups -OCH3 is 1. The number of nitrogens with zero attached hydrogens (tertiary/aromatic N) is 2. The minimum Gasteiger partial charge on any atom is -0.493 e. The van der Waals surface area contributed by atoms with Crippen LogP contribution in [0, 0.1) is 12.7 Å². The Morgan fingerprint density at radius 1 is 1.03 bits per heavy atom. The van der Waals surface area contributed by atoms with Gasteiger partial charge in [-0.1, -0.05) is 49.2 Å². The SMILES string of the molecule is CCCCN1C(=O)/C(=C\c2ccc(OCc3ccc(F)cc3)c(OC)c2)SC1=Nc1ccc(C)cc1. The number of unbranched alkanes of at least 4 members (excludes halogenated alkanes) is 1. The van der Waals surface area contributed by atoms with Gasteiger partial charge in [0.15, 0.2) is 16.7 Å². The van der Waals surface area contributed by atoms with Crippen molar-refractivity contribution < 1.29 is 18.7 Å². The van der Waals surface area contributed by atoms with Crippen LogP contribution < -0.4 is 9.47 Å². The van der Waals surface area contributed by atoms with E-state index in [2.05, 4.69) is 6.92 Å². The molecule has 4 rings (SSSR count). The third kappa shape index (κ3) is 6.34. The molecule has 1 heterocycles. The Labute approximate surface area is 215 Å². The summed E-state index contributed by atoms with van der Waals surface area (Å²) in [5, 5.41) is 0.690. The van der Waals surface area contributed by atoms with E-state index in [0.29, 0.717) is 28.1 Å². The van der Waals surface area contributed by atoms with Crippen LogP contribution in [0.5, 0.6) is 11.5 Å². The van der Waals surface area contributed by atoms with Crippen molar-refractivity contribution in [2.75, 3.05) is 13.7 Å². The Kier molecular flexibility index (Phi) is 8.44. The molecule has 0 unspecified atom stereocenters. The second-order valence-corrected chi connectivity index (χ2v) is 9.49. The van der Waals surface area contributed by atoms with Crippen LogP contribution in [-0.2, 0) is 11.4 Å². The Hall–Kier alpha value is -3.58. The van der Waals surface area contributed by atoms with E-state index < -0.39 is 0 Å². The van der Waals surface area contributed by atoms with Crippen LogP contribution in [0.4, 0.5) is 10.1 Å². The fraction of sp³-hybridized carbons (Fsp3) is 0.241. The minimum absolute atomic E-state index is 0.0464. The molecule has 1 aliphatic rings. The van der Waals surface area contributed by atoms with Gasteiger partial charge in [-0.25, -0.2) is 9.38 Å². The van der Waals surface area contributed by atoms with E-state index in [0.717, 1.165) is 35.2 Å². The number of hydrogen-bond acceptors (Lipinski definition) is 5. The van der Waals surface area contributed by atoms with Gasteiger partial charge in [-0.2, -0.15) is 0 Å². The third-order valence-electron chi connectivity index (χ3n) is 5.68. The van der Waals surface area contributed by atoms with Crippen molar-refractivity contribution in [2.24, 2.45) is 4.99 Å². The van der Waals surface area contributed by atoms with Gasteiger partial charge in [0.25, 0.3) is 5.91 Å². The minimum atomic E-state index is -0.284. The molecule has 0 N–H and O–H groups in total. The smallest absolute Gasteiger partial charge is 0.266 e. The van der Waals surface area contributed by atoms with Crippen LogP contribution in [0.2, 0.25) is 0 Å². The number of benzene rings is 3. The van der Waals surface area contributed by atoms with Crippen LogP contribution >= 0.6 is 11.8 Å². The predicted octanol–water partition coefficient (Wildman–Crippen LogP) is 7.13. The molecule has 0 spiro atoms. The Balaban J connectivity index is 1.55. The molecule has 1 amide bonds. The zero-order valence-corrected chi connectivity index (χ0v) is 21.5. The molecule has 3 aromatic carbocycles. The molecule has 0 saturated carbocycles. The molecule has 0 radical (unpaired) electrons. The topological polar surface area (TPSA) is 51.1 Å². The first-order valence-electron chi connectivity index (χ1n) is 11.9. The summed E-state index contributed by atoms with van der Waals surface area (Å²) in [7, 11) is 1.57. The number of thioether (sulfide) groups is 1. The van der Waals surface area contributed by atoms with Gasteiger partial charge >= 0.3 is 0 Å². The van der Waals surface area contributed by atoms with E-state index in [1.807, 2.05) is 55.5 Å². The zero-order valence-electron chi connectivity index (χ0n) is 20.7. The van der Waals surface area contributed by atoms with Gasteiger partial charge < -0.3 is 9.47 Å². The molecule has 7 heteroatoms. The highest BCUT2D eigenvalue weighted by molar-refractivity contribution is 8.18. The Morgan fingerprint density at radius 3 is 2.47 bits per heavy atom. The third-order valence-corrected chi connectivity index (χ3v) is 6.68. The quantitative estimate of drug-likeness (QED) is 0.291.